The quantitative estimate of drug-likeness (QED) is 0.662. The smallest absolute Gasteiger partial charge is 0.377 e. The summed E-state index contributed by atoms with van der Waals surface area (Å²) in [6.07, 6.45) is -4.50. The number of halogens is 3. The largest absolute Gasteiger partial charge is 0.418 e. The molecule has 0 aliphatic heterocycles. The summed E-state index contributed by atoms with van der Waals surface area (Å²) in [7, 11) is -0.707. The third-order valence-corrected chi connectivity index (χ3v) is 5.44. The van der Waals surface area contributed by atoms with Gasteiger partial charge in [0.05, 0.1) is 10.5 Å². The molecular formula is C21H19F3N2O2S. The number of hydrogen-bond acceptors (Lipinski definition) is 3. The Balaban J connectivity index is 2.15. The van der Waals surface area contributed by atoms with Crippen LogP contribution in [0.1, 0.15) is 5.56 Å². The van der Waals surface area contributed by atoms with Crippen molar-refractivity contribution in [3.05, 3.63) is 72.3 Å². The van der Waals surface area contributed by atoms with Gasteiger partial charge < -0.3 is 4.90 Å². The lowest BCUT2D eigenvalue weighted by molar-refractivity contribution is -0.137. The van der Waals surface area contributed by atoms with Gasteiger partial charge in [-0.05, 0) is 46.5 Å². The molecule has 0 saturated heterocycles. The van der Waals surface area contributed by atoms with Gasteiger partial charge in [-0.15, -0.1) is 0 Å². The molecular weight excluding hydrogens is 401 g/mol. The summed E-state index contributed by atoms with van der Waals surface area (Å²) in [5.74, 6) is 0. The fourth-order valence-electron chi connectivity index (χ4n) is 3.13. The molecule has 0 spiro atoms. The zero-order valence-electron chi connectivity index (χ0n) is 15.7. The Labute approximate surface area is 167 Å². The summed E-state index contributed by atoms with van der Waals surface area (Å²) in [6.45, 7) is 0. The molecule has 0 fully saturated rings. The van der Waals surface area contributed by atoms with Crippen molar-refractivity contribution in [3.8, 4) is 22.3 Å². The van der Waals surface area contributed by atoms with E-state index in [-0.39, 0.29) is 10.6 Å². The summed E-state index contributed by atoms with van der Waals surface area (Å²) < 4.78 is 63.7. The van der Waals surface area contributed by atoms with E-state index >= 15 is 0 Å². The van der Waals surface area contributed by atoms with Crippen LogP contribution in [0.3, 0.4) is 0 Å². The predicted octanol–water partition coefficient (Wildman–Crippen LogP) is 4.75. The van der Waals surface area contributed by atoms with Crippen LogP contribution in [0, 0.1) is 0 Å². The second-order valence-electron chi connectivity index (χ2n) is 6.74. The lowest BCUT2D eigenvalue weighted by atomic mass is 9.93. The van der Waals surface area contributed by atoms with Crippen LogP contribution in [0.15, 0.2) is 71.6 Å². The van der Waals surface area contributed by atoms with Crippen LogP contribution < -0.4 is 10.0 Å². The summed E-state index contributed by atoms with van der Waals surface area (Å²) in [6, 6.07) is 17.1. The van der Waals surface area contributed by atoms with Crippen molar-refractivity contribution < 1.29 is 21.6 Å². The highest BCUT2D eigenvalue weighted by Crippen LogP contribution is 2.40. The molecule has 0 unspecified atom stereocenters. The minimum Gasteiger partial charge on any atom is -0.377 e. The van der Waals surface area contributed by atoms with E-state index in [1.54, 1.807) is 56.6 Å². The maximum absolute atomic E-state index is 13.6. The summed E-state index contributed by atoms with van der Waals surface area (Å²) in [5, 5.41) is 5.12. The average Bonchev–Trinajstić information content (AvgIpc) is 2.66. The standard InChI is InChI=1S/C21H19F3N2O2S/c1-26(2)20-12-9-15(13-19(20)21(22,23)24)18-6-4-3-5-17(18)14-7-10-16(11-8-14)29(25,27)28/h3-13H,1-2H3,(H2,25,27,28). The van der Waals surface area contributed by atoms with Gasteiger partial charge in [-0.1, -0.05) is 42.5 Å². The van der Waals surface area contributed by atoms with Gasteiger partial charge in [0, 0.05) is 19.8 Å². The first-order valence-corrected chi connectivity index (χ1v) is 10.1. The molecule has 0 atom stereocenters. The van der Waals surface area contributed by atoms with Crippen LogP contribution in [0.4, 0.5) is 18.9 Å². The van der Waals surface area contributed by atoms with Crippen LogP contribution >= 0.6 is 0 Å². The third-order valence-electron chi connectivity index (χ3n) is 4.52. The number of sulfonamides is 1. The second kappa shape index (κ2) is 7.53. The molecule has 8 heteroatoms. The Kier molecular flexibility index (Phi) is 5.42. The molecule has 3 aromatic carbocycles. The fraction of sp³-hybridized carbons (Fsp3) is 0.143. The number of primary sulfonamides is 1. The monoisotopic (exact) mass is 420 g/mol. The molecule has 0 aromatic heterocycles. The average molecular weight is 420 g/mol. The molecule has 0 amide bonds. The lowest BCUT2D eigenvalue weighted by Crippen LogP contribution is -2.16. The van der Waals surface area contributed by atoms with E-state index in [0.717, 1.165) is 6.07 Å². The van der Waals surface area contributed by atoms with Crippen molar-refractivity contribution >= 4 is 15.7 Å². The van der Waals surface area contributed by atoms with Gasteiger partial charge in [-0.3, -0.25) is 0 Å². The van der Waals surface area contributed by atoms with Crippen LogP contribution in [0.2, 0.25) is 0 Å². The molecule has 0 radical (unpaired) electrons. The van der Waals surface area contributed by atoms with Crippen molar-refractivity contribution in [2.75, 3.05) is 19.0 Å². The van der Waals surface area contributed by atoms with Gasteiger partial charge in [0.2, 0.25) is 10.0 Å². The van der Waals surface area contributed by atoms with Crippen LogP contribution in [0.25, 0.3) is 22.3 Å². The molecule has 0 bridgehead atoms. The van der Waals surface area contributed by atoms with E-state index in [0.29, 0.717) is 22.3 Å². The molecule has 0 heterocycles. The minimum absolute atomic E-state index is 0.0339. The first-order valence-electron chi connectivity index (χ1n) is 8.59. The van der Waals surface area contributed by atoms with Crippen molar-refractivity contribution in [1.29, 1.82) is 0 Å². The number of nitrogens with zero attached hydrogens (tertiary/aromatic N) is 1. The zero-order chi connectivity index (χ0) is 21.4. The fourth-order valence-corrected chi connectivity index (χ4v) is 3.65. The SMILES string of the molecule is CN(C)c1ccc(-c2ccccc2-c2ccc(S(N)(=O)=O)cc2)cc1C(F)(F)F. The molecule has 2 N–H and O–H groups in total. The first-order chi connectivity index (χ1) is 13.5. The van der Waals surface area contributed by atoms with E-state index in [1.165, 1.54) is 23.1 Å². The van der Waals surface area contributed by atoms with Gasteiger partial charge in [0.25, 0.3) is 0 Å². The summed E-state index contributed by atoms with van der Waals surface area (Å²) in [4.78, 5) is 1.39. The molecule has 3 rings (SSSR count). The molecule has 0 saturated carbocycles. The summed E-state index contributed by atoms with van der Waals surface area (Å²) in [5.41, 5.74) is 1.72. The van der Waals surface area contributed by atoms with E-state index in [1.807, 2.05) is 0 Å². The predicted molar refractivity (Wildman–Crippen MR) is 108 cm³/mol. The van der Waals surface area contributed by atoms with Crippen molar-refractivity contribution in [1.82, 2.24) is 0 Å². The number of alkyl halides is 3. The Morgan fingerprint density at radius 1 is 0.828 bits per heavy atom. The number of nitrogens with two attached hydrogens (primary N) is 1. The number of benzene rings is 3. The number of rotatable bonds is 4. The first kappa shape index (κ1) is 20.9. The minimum atomic E-state index is -4.50. The molecule has 0 aliphatic rings. The lowest BCUT2D eigenvalue weighted by Gasteiger charge is -2.21. The van der Waals surface area contributed by atoms with Crippen LogP contribution in [-0.2, 0) is 16.2 Å². The Bertz CT molecular complexity index is 1140. The van der Waals surface area contributed by atoms with Gasteiger partial charge in [0.1, 0.15) is 0 Å². The Morgan fingerprint density at radius 2 is 1.34 bits per heavy atom. The summed E-state index contributed by atoms with van der Waals surface area (Å²) >= 11 is 0. The molecule has 152 valence electrons. The van der Waals surface area contributed by atoms with E-state index in [9.17, 15) is 21.6 Å². The van der Waals surface area contributed by atoms with Crippen molar-refractivity contribution in [2.24, 2.45) is 5.14 Å². The van der Waals surface area contributed by atoms with Crippen LogP contribution in [-0.4, -0.2) is 22.5 Å². The number of hydrogen-bond donors (Lipinski definition) is 1. The second-order valence-corrected chi connectivity index (χ2v) is 8.30. The van der Waals surface area contributed by atoms with Gasteiger partial charge in [-0.25, -0.2) is 13.6 Å². The highest BCUT2D eigenvalue weighted by atomic mass is 32.2. The highest BCUT2D eigenvalue weighted by molar-refractivity contribution is 7.89. The third kappa shape index (κ3) is 4.44. The highest BCUT2D eigenvalue weighted by Gasteiger charge is 2.34. The Morgan fingerprint density at radius 3 is 1.83 bits per heavy atom. The van der Waals surface area contributed by atoms with Crippen molar-refractivity contribution in [3.63, 3.8) is 0 Å². The maximum Gasteiger partial charge on any atom is 0.418 e. The van der Waals surface area contributed by atoms with Gasteiger partial charge in [-0.2, -0.15) is 13.2 Å². The van der Waals surface area contributed by atoms with Crippen molar-refractivity contribution in [2.45, 2.75) is 11.1 Å². The molecule has 4 nitrogen and oxygen atoms in total. The van der Waals surface area contributed by atoms with Gasteiger partial charge in [0.15, 0.2) is 0 Å². The van der Waals surface area contributed by atoms with Gasteiger partial charge >= 0.3 is 6.18 Å². The Hall–Kier alpha value is -2.84. The molecule has 29 heavy (non-hydrogen) atoms. The molecule has 3 aromatic rings. The number of anilines is 1. The molecule has 0 aliphatic carbocycles. The van der Waals surface area contributed by atoms with E-state index < -0.39 is 21.8 Å². The van der Waals surface area contributed by atoms with Crippen LogP contribution in [0.5, 0.6) is 0 Å². The normalized spacial score (nSPS) is 12.1. The van der Waals surface area contributed by atoms with E-state index in [4.69, 9.17) is 5.14 Å². The van der Waals surface area contributed by atoms with E-state index in [2.05, 4.69) is 0 Å². The maximum atomic E-state index is 13.6. The zero-order valence-corrected chi connectivity index (χ0v) is 16.6. The topological polar surface area (TPSA) is 63.4 Å².